The molecule has 1 aromatic heterocycles. The summed E-state index contributed by atoms with van der Waals surface area (Å²) in [5.74, 6) is -0.418. The Balaban J connectivity index is 1.49. The smallest absolute Gasteiger partial charge is 0.306 e. The Morgan fingerprint density at radius 2 is 1.95 bits per heavy atom. The van der Waals surface area contributed by atoms with Gasteiger partial charge in [-0.25, -0.2) is 0 Å². The quantitative estimate of drug-likeness (QED) is 0.368. The van der Waals surface area contributed by atoms with E-state index in [1.807, 2.05) is 18.2 Å². The number of benzene rings is 2. The first-order valence-electron chi connectivity index (χ1n) is 14.6. The molecule has 1 aliphatic carbocycles. The largest absolute Gasteiger partial charge is 0.466 e. The Bertz CT molecular complexity index is 1500. The van der Waals surface area contributed by atoms with E-state index in [0.29, 0.717) is 48.2 Å². The lowest BCUT2D eigenvalue weighted by Crippen LogP contribution is -2.39. The van der Waals surface area contributed by atoms with Crippen LogP contribution in [0.2, 0.25) is 5.02 Å². The molecule has 2 fully saturated rings. The highest BCUT2D eigenvalue weighted by Gasteiger charge is 2.35. The number of esters is 1. The molecule has 2 aromatic carbocycles. The van der Waals surface area contributed by atoms with Crippen molar-refractivity contribution in [1.29, 1.82) is 0 Å². The fraction of sp³-hybridized carbons (Fsp3) is 0.500. The summed E-state index contributed by atoms with van der Waals surface area (Å²) in [6.07, 6.45) is 6.81. The summed E-state index contributed by atoms with van der Waals surface area (Å²) in [5, 5.41) is 19.7. The van der Waals surface area contributed by atoms with Gasteiger partial charge >= 0.3 is 5.97 Å². The molecule has 0 bridgehead atoms. The molecule has 1 aliphatic heterocycles. The monoisotopic (exact) mass is 579 g/mol. The number of halogens is 1. The van der Waals surface area contributed by atoms with Gasteiger partial charge in [-0.05, 0) is 85.3 Å². The van der Waals surface area contributed by atoms with Crippen LogP contribution < -0.4 is 10.7 Å². The Morgan fingerprint density at radius 3 is 2.68 bits per heavy atom. The molecule has 9 heteroatoms. The highest BCUT2D eigenvalue weighted by atomic mass is 35.5. The summed E-state index contributed by atoms with van der Waals surface area (Å²) in [4.78, 5) is 38.8. The van der Waals surface area contributed by atoms with Crippen LogP contribution in [0.15, 0.2) is 41.2 Å². The summed E-state index contributed by atoms with van der Waals surface area (Å²) in [6, 6.07) is 11.0. The zero-order chi connectivity index (χ0) is 29.1. The normalized spacial score (nSPS) is 22.9. The van der Waals surface area contributed by atoms with Gasteiger partial charge in [0.05, 0.1) is 23.1 Å². The van der Waals surface area contributed by atoms with Crippen molar-refractivity contribution in [3.8, 4) is 0 Å². The van der Waals surface area contributed by atoms with Crippen LogP contribution in [0.4, 0.5) is 0 Å². The Kier molecular flexibility index (Phi) is 8.80. The van der Waals surface area contributed by atoms with Gasteiger partial charge in [0.1, 0.15) is 0 Å². The first-order valence-corrected chi connectivity index (χ1v) is 14.9. The lowest BCUT2D eigenvalue weighted by atomic mass is 9.73. The minimum Gasteiger partial charge on any atom is -0.466 e. The van der Waals surface area contributed by atoms with E-state index in [2.05, 4.69) is 23.4 Å². The third kappa shape index (κ3) is 6.65. The molecule has 2 heterocycles. The fourth-order valence-electron chi connectivity index (χ4n) is 6.38. The molecule has 0 radical (unpaired) electrons. The van der Waals surface area contributed by atoms with E-state index in [4.69, 9.17) is 16.3 Å². The average molecular weight is 580 g/mol. The van der Waals surface area contributed by atoms with Crippen molar-refractivity contribution in [2.45, 2.75) is 76.9 Å². The van der Waals surface area contributed by atoms with Gasteiger partial charge in [-0.1, -0.05) is 49.6 Å². The number of ether oxygens (including phenoxy) is 1. The fourth-order valence-corrected chi connectivity index (χ4v) is 6.50. The molecule has 1 saturated carbocycles. The highest BCUT2D eigenvalue weighted by Crippen LogP contribution is 2.37. The van der Waals surface area contributed by atoms with Gasteiger partial charge in [0.2, 0.25) is 5.43 Å². The van der Waals surface area contributed by atoms with Crippen LogP contribution in [0.3, 0.4) is 0 Å². The topological polar surface area (TPSA) is 111 Å². The Labute approximate surface area is 245 Å². The molecule has 1 saturated heterocycles. The van der Waals surface area contributed by atoms with Gasteiger partial charge < -0.3 is 15.2 Å². The number of hydrogen-bond donors (Lipinski definition) is 2. The number of nitrogens with one attached hydrogen (secondary N) is 1. The Hall–Kier alpha value is -3.23. The van der Waals surface area contributed by atoms with Crippen LogP contribution >= 0.6 is 11.6 Å². The number of carbonyl (C=O) groups excluding carboxylic acids is 2. The van der Waals surface area contributed by atoms with Crippen molar-refractivity contribution in [2.24, 2.45) is 18.9 Å². The minimum absolute atomic E-state index is 0.122. The van der Waals surface area contributed by atoms with E-state index in [1.165, 1.54) is 0 Å². The predicted molar refractivity (Wildman–Crippen MR) is 158 cm³/mol. The first kappa shape index (κ1) is 29.3. The van der Waals surface area contributed by atoms with Crippen LogP contribution in [0.5, 0.6) is 0 Å². The second kappa shape index (κ2) is 12.3. The van der Waals surface area contributed by atoms with Crippen molar-refractivity contribution in [3.63, 3.8) is 0 Å². The van der Waals surface area contributed by atoms with Gasteiger partial charge in [0.15, 0.2) is 5.69 Å². The average Bonchev–Trinajstić information content (AvgIpc) is 2.95. The van der Waals surface area contributed by atoms with E-state index < -0.39 is 16.9 Å². The maximum absolute atomic E-state index is 13.8. The van der Waals surface area contributed by atoms with Crippen molar-refractivity contribution in [1.82, 2.24) is 15.1 Å². The molecule has 1 unspecified atom stereocenters. The molecule has 2 N–H and O–H groups in total. The van der Waals surface area contributed by atoms with E-state index in [0.717, 1.165) is 48.8 Å². The number of aryl methyl sites for hydroxylation is 2. The minimum atomic E-state index is -0.749. The molecular weight excluding hydrogens is 542 g/mol. The molecule has 5 rings (SSSR count). The molecule has 218 valence electrons. The van der Waals surface area contributed by atoms with Crippen LogP contribution in [0, 0.1) is 11.8 Å². The third-order valence-corrected chi connectivity index (χ3v) is 9.13. The number of aromatic nitrogens is 2. The standard InChI is InChI=1S/C32H38ClN3O5/c1-20-5-3-4-12-32(20,40)13-10-24-16-23(15-22-11-14-41-27(37)18-22)17-26-29(24)36(2)35-28(30(26)38)31(39)34-19-21-6-8-25(33)9-7-21/h6-9,16-17,20,22,40H,3-5,10-15,18-19H2,1-2H3,(H,34,39)/t20-,22?,32-/m1/s1. The van der Waals surface area contributed by atoms with E-state index >= 15 is 0 Å². The maximum atomic E-state index is 13.8. The zero-order valence-corrected chi connectivity index (χ0v) is 24.5. The number of hydrogen-bond acceptors (Lipinski definition) is 6. The number of rotatable bonds is 8. The van der Waals surface area contributed by atoms with Gasteiger partial charge in [-0.3, -0.25) is 19.1 Å². The molecule has 8 nitrogen and oxygen atoms in total. The lowest BCUT2D eigenvalue weighted by Gasteiger charge is -2.38. The van der Waals surface area contributed by atoms with Crippen LogP contribution in [-0.2, 0) is 36.0 Å². The number of carbonyl (C=O) groups is 2. The molecule has 3 atom stereocenters. The number of cyclic esters (lactones) is 1. The summed E-state index contributed by atoms with van der Waals surface area (Å²) in [5.41, 5.74) is 2.03. The van der Waals surface area contributed by atoms with Crippen LogP contribution in [0.1, 0.15) is 79.0 Å². The number of fused-ring (bicyclic) bond motifs is 1. The molecule has 3 aromatic rings. The zero-order valence-electron chi connectivity index (χ0n) is 23.7. The summed E-state index contributed by atoms with van der Waals surface area (Å²) in [6.45, 7) is 2.75. The predicted octanol–water partition coefficient (Wildman–Crippen LogP) is 4.89. The number of amides is 1. The second-order valence-corrected chi connectivity index (χ2v) is 12.2. The van der Waals surface area contributed by atoms with Gasteiger partial charge in [-0.15, -0.1) is 0 Å². The van der Waals surface area contributed by atoms with Gasteiger partial charge in [0, 0.05) is 25.0 Å². The molecular formula is C32H38ClN3O5. The number of nitrogens with zero attached hydrogens (tertiary/aromatic N) is 2. The van der Waals surface area contributed by atoms with Gasteiger partial charge in [0.25, 0.3) is 5.91 Å². The van der Waals surface area contributed by atoms with Crippen LogP contribution in [-0.4, -0.2) is 39.0 Å². The molecule has 2 aliphatic rings. The summed E-state index contributed by atoms with van der Waals surface area (Å²) >= 11 is 5.96. The highest BCUT2D eigenvalue weighted by molar-refractivity contribution is 6.30. The van der Waals surface area contributed by atoms with E-state index in [1.54, 1.807) is 23.9 Å². The molecule has 41 heavy (non-hydrogen) atoms. The summed E-state index contributed by atoms with van der Waals surface area (Å²) in [7, 11) is 1.75. The van der Waals surface area contributed by atoms with E-state index in [9.17, 15) is 19.5 Å². The second-order valence-electron chi connectivity index (χ2n) is 11.8. The van der Waals surface area contributed by atoms with Crippen molar-refractivity contribution < 1.29 is 19.4 Å². The number of aliphatic hydroxyl groups is 1. The lowest BCUT2D eigenvalue weighted by molar-refractivity contribution is -0.149. The molecule has 1 amide bonds. The van der Waals surface area contributed by atoms with Crippen molar-refractivity contribution >= 4 is 34.4 Å². The Morgan fingerprint density at radius 1 is 1.17 bits per heavy atom. The van der Waals surface area contributed by atoms with E-state index in [-0.39, 0.29) is 30.0 Å². The van der Waals surface area contributed by atoms with Gasteiger partial charge in [-0.2, -0.15) is 5.10 Å². The molecule has 0 spiro atoms. The van der Waals surface area contributed by atoms with Crippen molar-refractivity contribution in [3.05, 3.63) is 74.0 Å². The van der Waals surface area contributed by atoms with Crippen LogP contribution in [0.25, 0.3) is 10.9 Å². The summed E-state index contributed by atoms with van der Waals surface area (Å²) < 4.78 is 6.74. The SMILES string of the molecule is C[C@@H]1CCCC[C@@]1(O)CCc1cc(CC2CCOC(=O)C2)cc2c(=O)c(C(=O)NCc3ccc(Cl)cc3)nn(C)c12. The van der Waals surface area contributed by atoms with Crippen molar-refractivity contribution in [2.75, 3.05) is 6.61 Å². The third-order valence-electron chi connectivity index (χ3n) is 8.87. The maximum Gasteiger partial charge on any atom is 0.306 e. The first-order chi connectivity index (χ1) is 19.6.